The molecule has 15 heavy (non-hydrogen) atoms. The second kappa shape index (κ2) is 4.19. The highest BCUT2D eigenvalue weighted by Crippen LogP contribution is 2.29. The zero-order valence-corrected chi connectivity index (χ0v) is 9.76. The van der Waals surface area contributed by atoms with Crippen LogP contribution in [-0.4, -0.2) is 17.6 Å². The fraction of sp³-hybridized carbons (Fsp3) is 0.417. The van der Waals surface area contributed by atoms with Gasteiger partial charge in [-0.3, -0.25) is 0 Å². The maximum atomic E-state index is 5.63. The van der Waals surface area contributed by atoms with Crippen LogP contribution in [0.15, 0.2) is 24.3 Å². The Hall–Kier alpha value is -1.09. The standard InChI is InChI=1S/C12H16N2S/c1-9-6-7-10-4-2-3-5-11(10)14(9)8-12(13)15/h2-5,9H,6-8H2,1H3,(H2,13,15). The van der Waals surface area contributed by atoms with E-state index in [1.165, 1.54) is 17.7 Å². The molecule has 0 saturated heterocycles. The van der Waals surface area contributed by atoms with E-state index in [0.29, 0.717) is 17.6 Å². The summed E-state index contributed by atoms with van der Waals surface area (Å²) in [4.78, 5) is 2.87. The van der Waals surface area contributed by atoms with Crippen molar-refractivity contribution in [2.45, 2.75) is 25.8 Å². The third kappa shape index (κ3) is 2.12. The zero-order valence-electron chi connectivity index (χ0n) is 8.94. The maximum absolute atomic E-state index is 5.63. The molecule has 2 nitrogen and oxygen atoms in total. The average Bonchev–Trinajstić information content (AvgIpc) is 2.22. The molecule has 80 valence electrons. The van der Waals surface area contributed by atoms with Gasteiger partial charge in [0.1, 0.15) is 0 Å². The number of para-hydroxylation sites is 1. The molecule has 0 spiro atoms. The van der Waals surface area contributed by atoms with Crippen molar-refractivity contribution in [1.82, 2.24) is 0 Å². The number of benzene rings is 1. The van der Waals surface area contributed by atoms with Gasteiger partial charge in [-0.15, -0.1) is 0 Å². The first-order chi connectivity index (χ1) is 7.18. The molecule has 2 N–H and O–H groups in total. The Morgan fingerprint density at radius 2 is 2.27 bits per heavy atom. The molecule has 0 amide bonds. The number of rotatable bonds is 2. The molecule has 1 atom stereocenters. The topological polar surface area (TPSA) is 29.3 Å². The molecule has 1 unspecified atom stereocenters. The lowest BCUT2D eigenvalue weighted by Gasteiger charge is -2.36. The minimum absolute atomic E-state index is 0.529. The van der Waals surface area contributed by atoms with E-state index in [1.54, 1.807) is 0 Å². The van der Waals surface area contributed by atoms with Crippen LogP contribution in [0, 0.1) is 0 Å². The van der Waals surface area contributed by atoms with Gasteiger partial charge in [0.05, 0.1) is 11.5 Å². The number of aryl methyl sites for hydroxylation is 1. The molecule has 1 aliphatic heterocycles. The quantitative estimate of drug-likeness (QED) is 0.774. The van der Waals surface area contributed by atoms with Crippen molar-refractivity contribution >= 4 is 22.9 Å². The molecule has 0 aromatic heterocycles. The fourth-order valence-electron chi connectivity index (χ4n) is 2.17. The van der Waals surface area contributed by atoms with Crippen LogP contribution in [0.2, 0.25) is 0 Å². The van der Waals surface area contributed by atoms with Crippen molar-refractivity contribution in [2.75, 3.05) is 11.4 Å². The smallest absolute Gasteiger partial charge is 0.0924 e. The van der Waals surface area contributed by atoms with Gasteiger partial charge in [-0.2, -0.15) is 0 Å². The highest BCUT2D eigenvalue weighted by molar-refractivity contribution is 7.80. The normalized spacial score (nSPS) is 19.8. The fourth-order valence-corrected chi connectivity index (χ4v) is 2.31. The molecule has 2 rings (SSSR count). The number of anilines is 1. The first-order valence-corrected chi connectivity index (χ1v) is 5.72. The third-order valence-electron chi connectivity index (χ3n) is 2.99. The van der Waals surface area contributed by atoms with Crippen molar-refractivity contribution in [1.29, 1.82) is 0 Å². The summed E-state index contributed by atoms with van der Waals surface area (Å²) in [5.74, 6) is 0. The second-order valence-corrected chi connectivity index (χ2v) is 4.64. The summed E-state index contributed by atoms with van der Waals surface area (Å²) in [6, 6.07) is 9.04. The molecule has 0 bridgehead atoms. The van der Waals surface area contributed by atoms with E-state index in [4.69, 9.17) is 18.0 Å². The van der Waals surface area contributed by atoms with Gasteiger partial charge < -0.3 is 10.6 Å². The predicted molar refractivity (Wildman–Crippen MR) is 68.4 cm³/mol. The minimum Gasteiger partial charge on any atom is -0.392 e. The van der Waals surface area contributed by atoms with E-state index in [9.17, 15) is 0 Å². The largest absolute Gasteiger partial charge is 0.392 e. The van der Waals surface area contributed by atoms with Gasteiger partial charge >= 0.3 is 0 Å². The first-order valence-electron chi connectivity index (χ1n) is 5.31. The highest BCUT2D eigenvalue weighted by Gasteiger charge is 2.22. The molecular weight excluding hydrogens is 204 g/mol. The Labute approximate surface area is 96.1 Å². The van der Waals surface area contributed by atoms with Crippen LogP contribution in [0.1, 0.15) is 18.9 Å². The van der Waals surface area contributed by atoms with E-state index in [-0.39, 0.29) is 0 Å². The summed E-state index contributed by atoms with van der Waals surface area (Å²) in [5.41, 5.74) is 8.34. The van der Waals surface area contributed by atoms with Crippen LogP contribution in [0.25, 0.3) is 0 Å². The summed E-state index contributed by atoms with van der Waals surface area (Å²) < 4.78 is 0. The summed E-state index contributed by atoms with van der Waals surface area (Å²) in [5, 5.41) is 0. The summed E-state index contributed by atoms with van der Waals surface area (Å²) in [6.07, 6.45) is 2.34. The maximum Gasteiger partial charge on any atom is 0.0924 e. The second-order valence-electron chi connectivity index (χ2n) is 4.11. The Kier molecular flexibility index (Phi) is 2.91. The molecular formula is C12H16N2S. The lowest BCUT2D eigenvalue weighted by molar-refractivity contribution is 0.587. The van der Waals surface area contributed by atoms with Gasteiger partial charge in [0, 0.05) is 11.7 Å². The van der Waals surface area contributed by atoms with Gasteiger partial charge in [0.15, 0.2) is 0 Å². The van der Waals surface area contributed by atoms with Crippen molar-refractivity contribution < 1.29 is 0 Å². The molecule has 1 aromatic rings. The number of fused-ring (bicyclic) bond motifs is 1. The molecule has 1 aliphatic rings. The highest BCUT2D eigenvalue weighted by atomic mass is 32.1. The molecule has 3 heteroatoms. The Morgan fingerprint density at radius 3 is 3.00 bits per heavy atom. The predicted octanol–water partition coefficient (Wildman–Crippen LogP) is 2.11. The van der Waals surface area contributed by atoms with Gasteiger partial charge in [0.25, 0.3) is 0 Å². The van der Waals surface area contributed by atoms with Gasteiger partial charge in [-0.1, -0.05) is 30.4 Å². The number of nitrogens with two attached hydrogens (primary N) is 1. The van der Waals surface area contributed by atoms with E-state index in [2.05, 4.69) is 36.1 Å². The SMILES string of the molecule is CC1CCc2ccccc2N1CC(N)=S. The monoisotopic (exact) mass is 220 g/mol. The van der Waals surface area contributed by atoms with Crippen LogP contribution >= 0.6 is 12.2 Å². The summed E-state index contributed by atoms with van der Waals surface area (Å²) in [7, 11) is 0. The van der Waals surface area contributed by atoms with Crippen molar-refractivity contribution in [2.24, 2.45) is 5.73 Å². The van der Waals surface area contributed by atoms with Crippen LogP contribution in [0.5, 0.6) is 0 Å². The van der Waals surface area contributed by atoms with E-state index >= 15 is 0 Å². The third-order valence-corrected chi connectivity index (χ3v) is 3.12. The number of nitrogens with zero attached hydrogens (tertiary/aromatic N) is 1. The Morgan fingerprint density at radius 1 is 1.53 bits per heavy atom. The number of thiocarbonyl (C=S) groups is 1. The van der Waals surface area contributed by atoms with E-state index in [1.807, 2.05) is 0 Å². The molecule has 0 fully saturated rings. The Balaban J connectivity index is 2.32. The van der Waals surface area contributed by atoms with E-state index < -0.39 is 0 Å². The Bertz CT molecular complexity index is 376. The van der Waals surface area contributed by atoms with E-state index in [0.717, 1.165) is 6.42 Å². The van der Waals surface area contributed by atoms with Gasteiger partial charge in [-0.25, -0.2) is 0 Å². The van der Waals surface area contributed by atoms with Crippen LogP contribution in [-0.2, 0) is 6.42 Å². The van der Waals surface area contributed by atoms with Crippen LogP contribution in [0.4, 0.5) is 5.69 Å². The van der Waals surface area contributed by atoms with Gasteiger partial charge in [0.2, 0.25) is 0 Å². The van der Waals surface area contributed by atoms with Crippen molar-refractivity contribution in [3.63, 3.8) is 0 Å². The molecule has 0 radical (unpaired) electrons. The molecule has 1 heterocycles. The molecule has 0 saturated carbocycles. The van der Waals surface area contributed by atoms with Crippen LogP contribution in [0.3, 0.4) is 0 Å². The van der Waals surface area contributed by atoms with Crippen molar-refractivity contribution in [3.8, 4) is 0 Å². The summed E-state index contributed by atoms with van der Waals surface area (Å²) >= 11 is 4.99. The first kappa shape index (κ1) is 10.4. The van der Waals surface area contributed by atoms with Gasteiger partial charge in [-0.05, 0) is 31.4 Å². The molecule has 0 aliphatic carbocycles. The average molecular weight is 220 g/mol. The molecule has 1 aromatic carbocycles. The minimum atomic E-state index is 0.529. The van der Waals surface area contributed by atoms with Crippen LogP contribution < -0.4 is 10.6 Å². The summed E-state index contributed by atoms with van der Waals surface area (Å²) in [6.45, 7) is 2.92. The number of hydrogen-bond donors (Lipinski definition) is 1. The zero-order chi connectivity index (χ0) is 10.8. The van der Waals surface area contributed by atoms with Crippen molar-refractivity contribution in [3.05, 3.63) is 29.8 Å². The lowest BCUT2D eigenvalue weighted by atomic mass is 9.97. The lowest BCUT2D eigenvalue weighted by Crippen LogP contribution is -2.42. The number of hydrogen-bond acceptors (Lipinski definition) is 2.